The summed E-state index contributed by atoms with van der Waals surface area (Å²) in [6.45, 7) is 17.0. The summed E-state index contributed by atoms with van der Waals surface area (Å²) in [5.41, 5.74) is 18.6. The van der Waals surface area contributed by atoms with Gasteiger partial charge in [-0.1, -0.05) is 0 Å². The maximum absolute atomic E-state index is 5.18. The molecule has 0 bridgehead atoms. The molecule has 4 aromatic heterocycles. The van der Waals surface area contributed by atoms with E-state index >= 15 is 0 Å². The van der Waals surface area contributed by atoms with Gasteiger partial charge in [-0.15, -0.1) is 0 Å². The SMILES string of the molecule is Cc1cc2nc(C(=C(c3nc4cc(C)c(C)cc4[nH]3)c3nc4cc(C)c(C)cc4[nH]3)c3nc4cc(C)c(C)cc4[nH]3)[nH]c2cc1C. The number of imidazole rings is 4. The number of aromatic nitrogens is 8. The molecular weight excluding hydrogens is 568 g/mol. The molecule has 8 rings (SSSR count). The number of hydrogen-bond donors (Lipinski definition) is 4. The molecule has 8 nitrogen and oxygen atoms in total. The molecule has 4 N–H and O–H groups in total. The van der Waals surface area contributed by atoms with E-state index in [4.69, 9.17) is 19.9 Å². The Bertz CT molecular complexity index is 2060. The van der Waals surface area contributed by atoms with Gasteiger partial charge in [0.25, 0.3) is 0 Å². The van der Waals surface area contributed by atoms with Crippen LogP contribution in [0.1, 0.15) is 67.8 Å². The maximum Gasteiger partial charge on any atom is 0.143 e. The average Bonchev–Trinajstić information content (AvgIpc) is 3.78. The van der Waals surface area contributed by atoms with Crippen molar-refractivity contribution in [2.24, 2.45) is 0 Å². The first kappa shape index (κ1) is 28.0. The van der Waals surface area contributed by atoms with Crippen molar-refractivity contribution < 1.29 is 0 Å². The number of hydrogen-bond acceptors (Lipinski definition) is 4. The number of benzene rings is 4. The zero-order valence-corrected chi connectivity index (χ0v) is 27.4. The minimum Gasteiger partial charge on any atom is -0.338 e. The molecule has 8 aromatic rings. The number of aromatic amines is 4. The Morgan fingerprint density at radius 3 is 0.739 bits per heavy atom. The van der Waals surface area contributed by atoms with Gasteiger partial charge in [0.05, 0.1) is 55.3 Å². The predicted octanol–water partition coefficient (Wildman–Crippen LogP) is 8.67. The highest BCUT2D eigenvalue weighted by atomic mass is 15.0. The van der Waals surface area contributed by atoms with Crippen LogP contribution in [0, 0.1) is 55.4 Å². The van der Waals surface area contributed by atoms with Gasteiger partial charge in [-0.05, 0) is 148 Å². The van der Waals surface area contributed by atoms with E-state index in [1.807, 2.05) is 0 Å². The molecule has 0 unspecified atom stereocenters. The number of nitrogens with zero attached hydrogens (tertiary/aromatic N) is 4. The molecule has 0 aliphatic carbocycles. The summed E-state index contributed by atoms with van der Waals surface area (Å²) in [6, 6.07) is 17.2. The van der Waals surface area contributed by atoms with Crippen molar-refractivity contribution in [3.63, 3.8) is 0 Å². The summed E-state index contributed by atoms with van der Waals surface area (Å²) in [6.07, 6.45) is 0. The Hall–Kier alpha value is -5.50. The lowest BCUT2D eigenvalue weighted by atomic mass is 10.1. The molecule has 0 saturated carbocycles. The first-order valence-corrected chi connectivity index (χ1v) is 15.7. The summed E-state index contributed by atoms with van der Waals surface area (Å²) in [7, 11) is 0. The summed E-state index contributed by atoms with van der Waals surface area (Å²) < 4.78 is 0. The van der Waals surface area contributed by atoms with Crippen molar-refractivity contribution in [1.29, 1.82) is 0 Å². The van der Waals surface area contributed by atoms with Crippen LogP contribution in [0.3, 0.4) is 0 Å². The molecule has 4 aromatic carbocycles. The second-order valence-corrected chi connectivity index (χ2v) is 12.9. The van der Waals surface area contributed by atoms with Crippen molar-refractivity contribution in [2.45, 2.75) is 55.4 Å². The van der Waals surface area contributed by atoms with E-state index in [1.165, 1.54) is 44.5 Å². The molecule has 0 atom stereocenters. The van der Waals surface area contributed by atoms with Crippen LogP contribution in [0.25, 0.3) is 55.3 Å². The van der Waals surface area contributed by atoms with Gasteiger partial charge in [0.15, 0.2) is 0 Å². The Labute approximate surface area is 266 Å². The Balaban J connectivity index is 1.52. The zero-order valence-electron chi connectivity index (χ0n) is 27.4. The second kappa shape index (κ2) is 10.0. The first-order chi connectivity index (χ1) is 22.0. The van der Waals surface area contributed by atoms with Crippen LogP contribution >= 0.6 is 0 Å². The smallest absolute Gasteiger partial charge is 0.143 e. The number of aryl methyl sites for hydroxylation is 8. The lowest BCUT2D eigenvalue weighted by Crippen LogP contribution is -2.03. The summed E-state index contributed by atoms with van der Waals surface area (Å²) in [5.74, 6) is 2.73. The van der Waals surface area contributed by atoms with E-state index in [-0.39, 0.29) is 0 Å². The van der Waals surface area contributed by atoms with Crippen molar-refractivity contribution in [3.8, 4) is 0 Å². The molecule has 228 valence electrons. The third kappa shape index (κ3) is 4.43. The summed E-state index contributed by atoms with van der Waals surface area (Å²) in [5, 5.41) is 0. The quantitative estimate of drug-likeness (QED) is 0.161. The fraction of sp³-hybridized carbons (Fsp3) is 0.211. The van der Waals surface area contributed by atoms with Crippen LogP contribution in [0.4, 0.5) is 0 Å². The number of rotatable bonds is 4. The molecule has 0 fully saturated rings. The number of nitrogens with one attached hydrogen (secondary N) is 4. The Morgan fingerprint density at radius 1 is 0.326 bits per heavy atom. The standard InChI is InChI=1S/C38H36N8/c1-17-9-25-26(10-18(17)2)40-35(39-25)33(36-41-27-11-19(3)20(4)12-28(27)42-36)34(37-43-29-13-21(5)22(6)14-30(29)44-37)38-45-31-15-23(7)24(8)16-32(31)46-38/h9-16H,1-8H3,(H,39,40)(H,41,42)(H,43,44)(H,45,46). The third-order valence-electron chi connectivity index (χ3n) is 9.59. The molecule has 0 aliphatic rings. The monoisotopic (exact) mass is 604 g/mol. The van der Waals surface area contributed by atoms with E-state index < -0.39 is 0 Å². The molecule has 4 heterocycles. The molecule has 0 saturated heterocycles. The lowest BCUT2D eigenvalue weighted by molar-refractivity contribution is 1.15. The summed E-state index contributed by atoms with van der Waals surface area (Å²) >= 11 is 0. The second-order valence-electron chi connectivity index (χ2n) is 12.9. The number of H-pyrrole nitrogens is 4. The van der Waals surface area contributed by atoms with Gasteiger partial charge in [0.1, 0.15) is 23.3 Å². The normalized spacial score (nSPS) is 11.9. The van der Waals surface area contributed by atoms with E-state index in [0.717, 1.165) is 55.3 Å². The fourth-order valence-corrected chi connectivity index (χ4v) is 6.25. The van der Waals surface area contributed by atoms with E-state index in [9.17, 15) is 0 Å². The topological polar surface area (TPSA) is 115 Å². The van der Waals surface area contributed by atoms with Gasteiger partial charge in [0.2, 0.25) is 0 Å². The highest BCUT2D eigenvalue weighted by Gasteiger charge is 2.27. The molecule has 0 aliphatic heterocycles. The molecule has 0 amide bonds. The van der Waals surface area contributed by atoms with Gasteiger partial charge in [-0.3, -0.25) is 0 Å². The molecule has 0 radical (unpaired) electrons. The zero-order chi connectivity index (χ0) is 32.0. The van der Waals surface area contributed by atoms with Gasteiger partial charge in [0, 0.05) is 0 Å². The van der Waals surface area contributed by atoms with Crippen molar-refractivity contribution >= 4 is 55.3 Å². The Kier molecular flexibility index (Phi) is 6.09. The minimum absolute atomic E-state index is 0.683. The average molecular weight is 605 g/mol. The lowest BCUT2D eigenvalue weighted by Gasteiger charge is -2.09. The van der Waals surface area contributed by atoms with Crippen LogP contribution in [0.5, 0.6) is 0 Å². The van der Waals surface area contributed by atoms with Crippen LogP contribution < -0.4 is 0 Å². The van der Waals surface area contributed by atoms with Gasteiger partial charge in [-0.2, -0.15) is 0 Å². The summed E-state index contributed by atoms with van der Waals surface area (Å²) in [4.78, 5) is 35.3. The van der Waals surface area contributed by atoms with Crippen molar-refractivity contribution in [3.05, 3.63) is 116 Å². The van der Waals surface area contributed by atoms with Gasteiger partial charge in [-0.25, -0.2) is 19.9 Å². The van der Waals surface area contributed by atoms with Crippen LogP contribution in [-0.2, 0) is 0 Å². The third-order valence-corrected chi connectivity index (χ3v) is 9.59. The molecule has 8 heteroatoms. The highest BCUT2D eigenvalue weighted by Crippen LogP contribution is 2.37. The fourth-order valence-electron chi connectivity index (χ4n) is 6.25. The van der Waals surface area contributed by atoms with Crippen LogP contribution in [0.15, 0.2) is 48.5 Å². The first-order valence-electron chi connectivity index (χ1n) is 15.7. The highest BCUT2D eigenvalue weighted by molar-refractivity contribution is 6.03. The molecule has 0 spiro atoms. The van der Waals surface area contributed by atoms with Crippen molar-refractivity contribution in [2.75, 3.05) is 0 Å². The van der Waals surface area contributed by atoms with Crippen molar-refractivity contribution in [1.82, 2.24) is 39.9 Å². The minimum atomic E-state index is 0.683. The molecular formula is C38H36N8. The Morgan fingerprint density at radius 2 is 0.522 bits per heavy atom. The van der Waals surface area contributed by atoms with Gasteiger partial charge >= 0.3 is 0 Å². The predicted molar refractivity (Wildman–Crippen MR) is 187 cm³/mol. The van der Waals surface area contributed by atoms with E-state index in [2.05, 4.69) is 124 Å². The van der Waals surface area contributed by atoms with E-state index in [0.29, 0.717) is 23.3 Å². The van der Waals surface area contributed by atoms with Crippen LogP contribution in [-0.4, -0.2) is 39.9 Å². The largest absolute Gasteiger partial charge is 0.338 e. The van der Waals surface area contributed by atoms with E-state index in [1.54, 1.807) is 0 Å². The number of fused-ring (bicyclic) bond motifs is 4. The maximum atomic E-state index is 5.18. The van der Waals surface area contributed by atoms with Crippen LogP contribution in [0.2, 0.25) is 0 Å². The molecule has 46 heavy (non-hydrogen) atoms. The van der Waals surface area contributed by atoms with Gasteiger partial charge < -0.3 is 19.9 Å².